The van der Waals surface area contributed by atoms with Gasteiger partial charge in [0.25, 0.3) is 0 Å². The topological polar surface area (TPSA) is 55.1 Å². The van der Waals surface area contributed by atoms with Crippen LogP contribution in [0.1, 0.15) is 21.7 Å². The van der Waals surface area contributed by atoms with Gasteiger partial charge in [-0.25, -0.2) is 9.48 Å². The van der Waals surface area contributed by atoms with Crippen molar-refractivity contribution in [2.24, 2.45) is 0 Å². The fourth-order valence-electron chi connectivity index (χ4n) is 1.68. The third kappa shape index (κ3) is 2.15. The largest absolute Gasteiger partial charge is 0.478 e. The first-order chi connectivity index (χ1) is 8.41. The number of carbonyl (C=O) groups is 1. The van der Waals surface area contributed by atoms with Crippen molar-refractivity contribution in [1.82, 2.24) is 9.78 Å². The van der Waals surface area contributed by atoms with Gasteiger partial charge in [0, 0.05) is 4.47 Å². The van der Waals surface area contributed by atoms with Crippen LogP contribution in [0.5, 0.6) is 0 Å². The molecule has 0 radical (unpaired) electrons. The van der Waals surface area contributed by atoms with E-state index in [1.54, 1.807) is 16.8 Å². The average molecular weight is 330 g/mol. The van der Waals surface area contributed by atoms with Gasteiger partial charge in [0.05, 0.1) is 27.7 Å². The fraction of sp³-hybridized carbons (Fsp3) is 0.167. The molecule has 0 aliphatic carbocycles. The van der Waals surface area contributed by atoms with E-state index in [4.69, 9.17) is 16.7 Å². The van der Waals surface area contributed by atoms with Crippen LogP contribution in [-0.4, -0.2) is 20.9 Å². The first-order valence-electron chi connectivity index (χ1n) is 5.16. The lowest BCUT2D eigenvalue weighted by Crippen LogP contribution is -2.02. The maximum absolute atomic E-state index is 10.9. The minimum absolute atomic E-state index is 0.214. The van der Waals surface area contributed by atoms with Gasteiger partial charge in [-0.1, -0.05) is 11.6 Å². The van der Waals surface area contributed by atoms with Crippen molar-refractivity contribution in [2.75, 3.05) is 0 Å². The van der Waals surface area contributed by atoms with Gasteiger partial charge in [0.1, 0.15) is 0 Å². The Hall–Kier alpha value is -1.33. The van der Waals surface area contributed by atoms with Crippen LogP contribution in [0.25, 0.3) is 5.69 Å². The number of carboxylic acids is 1. The molecule has 0 bridgehead atoms. The first-order valence-corrected chi connectivity index (χ1v) is 6.34. The summed E-state index contributed by atoms with van der Waals surface area (Å²) in [4.78, 5) is 10.9. The lowest BCUT2D eigenvalue weighted by atomic mass is 10.2. The van der Waals surface area contributed by atoms with E-state index < -0.39 is 5.97 Å². The fourth-order valence-corrected chi connectivity index (χ4v) is 2.34. The number of benzene rings is 1. The molecule has 0 aliphatic rings. The Labute approximate surface area is 117 Å². The molecule has 2 rings (SSSR count). The molecule has 0 spiro atoms. The Morgan fingerprint density at radius 3 is 2.56 bits per heavy atom. The van der Waals surface area contributed by atoms with Crippen molar-refractivity contribution in [3.63, 3.8) is 0 Å². The van der Waals surface area contributed by atoms with Crippen LogP contribution in [0.15, 0.2) is 22.7 Å². The van der Waals surface area contributed by atoms with Crippen molar-refractivity contribution >= 4 is 33.5 Å². The maximum Gasteiger partial charge on any atom is 0.336 e. The molecular formula is C12H10BrClN2O2. The van der Waals surface area contributed by atoms with Crippen LogP contribution in [0.3, 0.4) is 0 Å². The molecule has 2 aromatic rings. The van der Waals surface area contributed by atoms with Gasteiger partial charge in [-0.2, -0.15) is 5.10 Å². The Kier molecular flexibility index (Phi) is 3.45. The van der Waals surface area contributed by atoms with E-state index >= 15 is 0 Å². The molecule has 6 heteroatoms. The minimum atomic E-state index is -0.972. The smallest absolute Gasteiger partial charge is 0.336 e. The van der Waals surface area contributed by atoms with Crippen molar-refractivity contribution in [1.29, 1.82) is 0 Å². The quantitative estimate of drug-likeness (QED) is 0.916. The highest BCUT2D eigenvalue weighted by Crippen LogP contribution is 2.25. The second-order valence-corrected chi connectivity index (χ2v) is 5.10. The predicted octanol–water partition coefficient (Wildman–Crippen LogP) is 3.60. The molecule has 4 nitrogen and oxygen atoms in total. The first kappa shape index (κ1) is 13.1. The summed E-state index contributed by atoms with van der Waals surface area (Å²) in [5.74, 6) is -0.972. The normalized spacial score (nSPS) is 10.7. The van der Waals surface area contributed by atoms with Gasteiger partial charge in [-0.05, 0) is 48.0 Å². The maximum atomic E-state index is 10.9. The van der Waals surface area contributed by atoms with Crippen LogP contribution in [-0.2, 0) is 0 Å². The van der Waals surface area contributed by atoms with Crippen LogP contribution in [0, 0.1) is 13.8 Å². The minimum Gasteiger partial charge on any atom is -0.478 e. The number of aryl methyl sites for hydroxylation is 1. The Balaban J connectivity index is 2.55. The lowest BCUT2D eigenvalue weighted by molar-refractivity contribution is 0.0696. The summed E-state index contributed by atoms with van der Waals surface area (Å²) < 4.78 is 2.20. The molecule has 1 N–H and O–H groups in total. The Bertz CT molecular complexity index is 637. The molecule has 0 fully saturated rings. The second-order valence-electron chi connectivity index (χ2n) is 3.87. The van der Waals surface area contributed by atoms with Crippen LogP contribution >= 0.6 is 27.5 Å². The molecule has 0 atom stereocenters. The van der Waals surface area contributed by atoms with Gasteiger partial charge in [0.15, 0.2) is 0 Å². The molecule has 0 saturated carbocycles. The monoisotopic (exact) mass is 328 g/mol. The molecule has 1 aromatic heterocycles. The van der Waals surface area contributed by atoms with Gasteiger partial charge in [0.2, 0.25) is 0 Å². The highest BCUT2D eigenvalue weighted by Gasteiger charge is 2.13. The second kappa shape index (κ2) is 4.74. The third-order valence-electron chi connectivity index (χ3n) is 2.63. The Morgan fingerprint density at radius 2 is 2.11 bits per heavy atom. The number of aromatic nitrogens is 2. The van der Waals surface area contributed by atoms with Crippen molar-refractivity contribution in [2.45, 2.75) is 13.8 Å². The van der Waals surface area contributed by atoms with E-state index in [-0.39, 0.29) is 5.56 Å². The molecule has 1 heterocycles. The number of rotatable bonds is 2. The lowest BCUT2D eigenvalue weighted by Gasteiger charge is -2.06. The van der Waals surface area contributed by atoms with Gasteiger partial charge in [-0.15, -0.1) is 0 Å². The zero-order valence-electron chi connectivity index (χ0n) is 9.74. The molecular weight excluding hydrogens is 320 g/mol. The predicted molar refractivity (Wildman–Crippen MR) is 72.7 cm³/mol. The highest BCUT2D eigenvalue weighted by molar-refractivity contribution is 9.10. The van der Waals surface area contributed by atoms with Gasteiger partial charge in [-0.3, -0.25) is 0 Å². The van der Waals surface area contributed by atoms with Crippen molar-refractivity contribution < 1.29 is 9.90 Å². The summed E-state index contributed by atoms with van der Waals surface area (Å²) in [6.07, 6.45) is 0. The molecule has 94 valence electrons. The van der Waals surface area contributed by atoms with Crippen LogP contribution in [0.4, 0.5) is 0 Å². The average Bonchev–Trinajstić information content (AvgIpc) is 2.56. The van der Waals surface area contributed by atoms with E-state index in [1.165, 1.54) is 6.07 Å². The zero-order valence-corrected chi connectivity index (χ0v) is 12.1. The molecule has 0 aliphatic heterocycles. The number of hydrogen-bond acceptors (Lipinski definition) is 2. The standard InChI is InChI=1S/C12H10BrClN2O2/c1-6-11(14)7(2)16(15-6)8-3-4-9(12(17)18)10(13)5-8/h3-5H,1-2H3,(H,17,18). The number of nitrogens with zero attached hydrogens (tertiary/aromatic N) is 2. The summed E-state index contributed by atoms with van der Waals surface area (Å²) in [5.41, 5.74) is 2.54. The molecule has 0 unspecified atom stereocenters. The number of hydrogen-bond donors (Lipinski definition) is 1. The van der Waals surface area contributed by atoms with E-state index in [2.05, 4.69) is 21.0 Å². The van der Waals surface area contributed by atoms with E-state index in [0.29, 0.717) is 9.50 Å². The third-order valence-corrected chi connectivity index (χ3v) is 3.83. The SMILES string of the molecule is Cc1nn(-c2ccc(C(=O)O)c(Br)c2)c(C)c1Cl. The van der Waals surface area contributed by atoms with E-state index in [9.17, 15) is 4.79 Å². The van der Waals surface area contributed by atoms with Crippen LogP contribution < -0.4 is 0 Å². The van der Waals surface area contributed by atoms with Gasteiger partial charge < -0.3 is 5.11 Å². The Morgan fingerprint density at radius 1 is 1.44 bits per heavy atom. The van der Waals surface area contributed by atoms with E-state index in [0.717, 1.165) is 17.1 Å². The highest BCUT2D eigenvalue weighted by atomic mass is 79.9. The summed E-state index contributed by atoms with van der Waals surface area (Å²) in [5, 5.41) is 13.9. The summed E-state index contributed by atoms with van der Waals surface area (Å²) in [6, 6.07) is 4.94. The van der Waals surface area contributed by atoms with Crippen LogP contribution in [0.2, 0.25) is 5.02 Å². The van der Waals surface area contributed by atoms with Crippen molar-refractivity contribution in [3.05, 3.63) is 44.6 Å². The molecule has 0 amide bonds. The summed E-state index contributed by atoms with van der Waals surface area (Å²) >= 11 is 9.32. The molecule has 18 heavy (non-hydrogen) atoms. The van der Waals surface area contributed by atoms with Gasteiger partial charge >= 0.3 is 5.97 Å². The number of halogens is 2. The zero-order chi connectivity index (χ0) is 13.4. The van der Waals surface area contributed by atoms with E-state index in [1.807, 2.05) is 13.8 Å². The number of aromatic carboxylic acids is 1. The summed E-state index contributed by atoms with van der Waals surface area (Å²) in [7, 11) is 0. The van der Waals surface area contributed by atoms with Crippen molar-refractivity contribution in [3.8, 4) is 5.69 Å². The molecule has 1 aromatic carbocycles. The summed E-state index contributed by atoms with van der Waals surface area (Å²) in [6.45, 7) is 3.69. The number of carboxylic acid groups (broad SMARTS) is 1. The molecule has 0 saturated heterocycles.